The van der Waals surface area contributed by atoms with Gasteiger partial charge in [-0.15, -0.1) is 0 Å². The van der Waals surface area contributed by atoms with Crippen LogP contribution in [0.4, 0.5) is 17.1 Å². The fourth-order valence-corrected chi connectivity index (χ4v) is 11.0. The van der Waals surface area contributed by atoms with Crippen LogP contribution in [0.2, 0.25) is 0 Å². The number of rotatable bonds is 8. The first kappa shape index (κ1) is 40.6. The molecule has 0 aliphatic rings. The highest BCUT2D eigenvalue weighted by Crippen LogP contribution is 2.43. The van der Waals surface area contributed by atoms with Crippen molar-refractivity contribution in [2.75, 3.05) is 4.90 Å². The topological polar surface area (TPSA) is 21.3 Å². The van der Waals surface area contributed by atoms with Crippen molar-refractivity contribution in [3.8, 4) is 50.2 Å². The normalized spacial score (nSPS) is 11.7. The van der Waals surface area contributed by atoms with Gasteiger partial charge in [0.1, 0.15) is 11.2 Å². The van der Waals surface area contributed by atoms with Gasteiger partial charge in [0.15, 0.2) is 0 Å². The predicted octanol–water partition coefficient (Wildman–Crippen LogP) is 19.1. The fourth-order valence-electron chi connectivity index (χ4n) is 11.0. The molecule has 14 aromatic rings. The summed E-state index contributed by atoms with van der Waals surface area (Å²) in [6, 6.07) is 96.7. The molecule has 3 nitrogen and oxygen atoms in total. The zero-order valence-corrected chi connectivity index (χ0v) is 38.7. The zero-order chi connectivity index (χ0) is 46.8. The molecule has 0 fully saturated rings. The summed E-state index contributed by atoms with van der Waals surface area (Å²) in [4.78, 5) is 2.38. The summed E-state index contributed by atoms with van der Waals surface area (Å²) in [5.74, 6) is 0. The van der Waals surface area contributed by atoms with Crippen molar-refractivity contribution in [1.29, 1.82) is 0 Å². The molecular weight excluding hydrogens is 861 g/mol. The first-order chi connectivity index (χ1) is 35.2. The summed E-state index contributed by atoms with van der Waals surface area (Å²) in [6.45, 7) is 0. The van der Waals surface area contributed by atoms with Gasteiger partial charge >= 0.3 is 0 Å². The molecule has 0 bridgehead atoms. The van der Waals surface area contributed by atoms with Crippen LogP contribution >= 0.6 is 0 Å². The highest BCUT2D eigenvalue weighted by Gasteiger charge is 2.18. The van der Waals surface area contributed by atoms with E-state index in [9.17, 15) is 0 Å². The van der Waals surface area contributed by atoms with E-state index in [1.165, 1.54) is 65.6 Å². The predicted molar refractivity (Wildman–Crippen MR) is 299 cm³/mol. The van der Waals surface area contributed by atoms with Gasteiger partial charge in [-0.25, -0.2) is 0 Å². The van der Waals surface area contributed by atoms with Gasteiger partial charge in [-0.05, 0) is 145 Å². The third kappa shape index (κ3) is 6.97. The third-order valence-electron chi connectivity index (χ3n) is 14.4. The van der Waals surface area contributed by atoms with Crippen LogP contribution in [-0.4, -0.2) is 4.57 Å². The summed E-state index contributed by atoms with van der Waals surface area (Å²) >= 11 is 0. The van der Waals surface area contributed by atoms with E-state index in [1.807, 2.05) is 12.1 Å². The van der Waals surface area contributed by atoms with E-state index in [1.54, 1.807) is 0 Å². The number of benzene rings is 12. The van der Waals surface area contributed by atoms with E-state index >= 15 is 0 Å². The highest BCUT2D eigenvalue weighted by molar-refractivity contribution is 6.13. The van der Waals surface area contributed by atoms with E-state index < -0.39 is 0 Å². The van der Waals surface area contributed by atoms with Crippen molar-refractivity contribution in [3.05, 3.63) is 267 Å². The Bertz CT molecular complexity index is 4290. The zero-order valence-electron chi connectivity index (χ0n) is 38.7. The summed E-state index contributed by atoms with van der Waals surface area (Å²) in [5, 5.41) is 9.80. The van der Waals surface area contributed by atoms with E-state index in [4.69, 9.17) is 4.42 Å². The molecule has 14 rings (SSSR count). The van der Waals surface area contributed by atoms with E-state index in [2.05, 4.69) is 264 Å². The maximum absolute atomic E-state index is 6.34. The van der Waals surface area contributed by atoms with Gasteiger partial charge in [-0.2, -0.15) is 0 Å². The number of hydrogen-bond donors (Lipinski definition) is 0. The summed E-state index contributed by atoms with van der Waals surface area (Å²) < 4.78 is 8.72. The molecule has 0 aliphatic heterocycles. The molecule has 0 saturated carbocycles. The van der Waals surface area contributed by atoms with Crippen molar-refractivity contribution >= 4 is 82.4 Å². The van der Waals surface area contributed by atoms with E-state index in [0.717, 1.165) is 66.9 Å². The maximum atomic E-state index is 6.34. The second-order valence-electron chi connectivity index (χ2n) is 18.5. The average molecular weight is 905 g/mol. The minimum atomic E-state index is 0.888. The molecule has 0 unspecified atom stereocenters. The van der Waals surface area contributed by atoms with Crippen LogP contribution in [0, 0.1) is 0 Å². The van der Waals surface area contributed by atoms with Crippen molar-refractivity contribution < 1.29 is 4.42 Å². The molecule has 71 heavy (non-hydrogen) atoms. The lowest BCUT2D eigenvalue weighted by molar-refractivity contribution is 0.669. The Balaban J connectivity index is 0.831. The van der Waals surface area contributed by atoms with Gasteiger partial charge in [-0.3, -0.25) is 0 Å². The molecule has 0 spiro atoms. The number of fused-ring (bicyclic) bond motifs is 9. The van der Waals surface area contributed by atoms with Gasteiger partial charge < -0.3 is 13.9 Å². The Hall–Kier alpha value is -9.44. The Morgan fingerprint density at radius 1 is 0.282 bits per heavy atom. The van der Waals surface area contributed by atoms with Crippen molar-refractivity contribution in [2.24, 2.45) is 0 Å². The van der Waals surface area contributed by atoms with E-state index in [0.29, 0.717) is 0 Å². The summed E-state index contributed by atoms with van der Waals surface area (Å²) in [7, 11) is 0. The SMILES string of the molecule is c1cc(-c2ccc3c(ccc4ccccc43)c2)cc(N(c2ccc(-c3ccc(-c4cccc(-n5c6ccccc6c6ccccc65)c4)cc3)cc2)c2cccc(-c3cccc4oc5ccccc5c34)c2)c1. The van der Waals surface area contributed by atoms with Crippen LogP contribution in [-0.2, 0) is 0 Å². The first-order valence-corrected chi connectivity index (χ1v) is 24.3. The Kier molecular flexibility index (Phi) is 9.53. The number of anilines is 3. The molecule has 0 radical (unpaired) electrons. The van der Waals surface area contributed by atoms with Crippen LogP contribution in [0.5, 0.6) is 0 Å². The molecule has 0 atom stereocenters. The van der Waals surface area contributed by atoms with Crippen LogP contribution in [0.25, 0.3) is 115 Å². The van der Waals surface area contributed by atoms with Crippen molar-refractivity contribution in [1.82, 2.24) is 4.57 Å². The minimum absolute atomic E-state index is 0.888. The molecule has 0 saturated heterocycles. The molecular formula is C68H44N2O. The Labute approximate surface area is 411 Å². The smallest absolute Gasteiger partial charge is 0.136 e. The molecule has 0 amide bonds. The molecule has 0 N–H and O–H groups in total. The van der Waals surface area contributed by atoms with Crippen LogP contribution in [0.3, 0.4) is 0 Å². The van der Waals surface area contributed by atoms with Crippen molar-refractivity contribution in [3.63, 3.8) is 0 Å². The maximum Gasteiger partial charge on any atom is 0.136 e. The van der Waals surface area contributed by atoms with E-state index in [-0.39, 0.29) is 0 Å². The van der Waals surface area contributed by atoms with Crippen LogP contribution in [0.15, 0.2) is 271 Å². The van der Waals surface area contributed by atoms with Crippen molar-refractivity contribution in [2.45, 2.75) is 0 Å². The molecule has 332 valence electrons. The average Bonchev–Trinajstić information content (AvgIpc) is 4.00. The van der Waals surface area contributed by atoms with Gasteiger partial charge in [0.2, 0.25) is 0 Å². The lowest BCUT2D eigenvalue weighted by Gasteiger charge is -2.27. The fraction of sp³-hybridized carbons (Fsp3) is 0. The number of nitrogens with zero attached hydrogens (tertiary/aromatic N) is 2. The second-order valence-corrected chi connectivity index (χ2v) is 18.5. The lowest BCUT2D eigenvalue weighted by atomic mass is 9.96. The van der Waals surface area contributed by atoms with Crippen LogP contribution < -0.4 is 4.90 Å². The third-order valence-corrected chi connectivity index (χ3v) is 14.4. The molecule has 3 heteroatoms. The number of aromatic nitrogens is 1. The number of hydrogen-bond acceptors (Lipinski definition) is 2. The molecule has 2 aromatic heterocycles. The second kappa shape index (κ2) is 16.7. The van der Waals surface area contributed by atoms with Crippen LogP contribution in [0.1, 0.15) is 0 Å². The standard InChI is InChI=1S/C68H44N2O/c1-2-20-58-48(13-1)33-34-53-41-51(37-40-59(53)58)50-15-10-17-55(43-50)69(56-18-11-16-52(44-56)60-24-12-28-67-68(60)63-23-5-8-27-66(63)71-67)54-38-35-46(36-39-54)45-29-31-47(32-30-45)49-14-9-19-57(42-49)70-64-25-6-3-21-61(64)62-22-4-7-26-65(62)70/h1-44H. The summed E-state index contributed by atoms with van der Waals surface area (Å²) in [5.41, 5.74) is 17.8. The number of furan rings is 1. The summed E-state index contributed by atoms with van der Waals surface area (Å²) in [6.07, 6.45) is 0. The Morgan fingerprint density at radius 3 is 1.54 bits per heavy atom. The minimum Gasteiger partial charge on any atom is -0.456 e. The largest absolute Gasteiger partial charge is 0.456 e. The Morgan fingerprint density at radius 2 is 0.789 bits per heavy atom. The quantitative estimate of drug-likeness (QED) is 0.142. The lowest BCUT2D eigenvalue weighted by Crippen LogP contribution is -2.10. The highest BCUT2D eigenvalue weighted by atomic mass is 16.3. The van der Waals surface area contributed by atoms with Gasteiger partial charge in [0.05, 0.1) is 11.0 Å². The van der Waals surface area contributed by atoms with Gasteiger partial charge in [0, 0.05) is 44.3 Å². The molecule has 0 aliphatic carbocycles. The number of para-hydroxylation sites is 3. The molecule has 12 aromatic carbocycles. The van der Waals surface area contributed by atoms with Gasteiger partial charge in [0.25, 0.3) is 0 Å². The monoisotopic (exact) mass is 904 g/mol. The first-order valence-electron chi connectivity index (χ1n) is 24.3. The molecule has 2 heterocycles. The van der Waals surface area contributed by atoms with Gasteiger partial charge in [-0.1, -0.05) is 188 Å².